The molecular formula is C15H12Cl2N2S2. The van der Waals surface area contributed by atoms with Gasteiger partial charge in [-0.1, -0.05) is 35.3 Å². The lowest BCUT2D eigenvalue weighted by atomic mass is 10.2. The molecule has 0 saturated carbocycles. The first kappa shape index (κ1) is 15.0. The highest BCUT2D eigenvalue weighted by molar-refractivity contribution is 7.21. The quantitative estimate of drug-likeness (QED) is 0.657. The van der Waals surface area contributed by atoms with Crippen molar-refractivity contribution in [1.29, 1.82) is 0 Å². The minimum atomic E-state index is 0.657. The second kappa shape index (κ2) is 6.90. The average molecular weight is 355 g/mol. The molecule has 0 aliphatic carbocycles. The Bertz CT molecular complexity index is 723. The molecule has 2 aromatic heterocycles. The van der Waals surface area contributed by atoms with Gasteiger partial charge in [-0.15, -0.1) is 22.7 Å². The Labute approximate surface area is 141 Å². The van der Waals surface area contributed by atoms with Gasteiger partial charge in [0, 0.05) is 34.2 Å². The van der Waals surface area contributed by atoms with Crippen molar-refractivity contribution in [3.8, 4) is 9.75 Å². The summed E-state index contributed by atoms with van der Waals surface area (Å²) >= 11 is 15.5. The summed E-state index contributed by atoms with van der Waals surface area (Å²) in [5.41, 5.74) is 1.04. The molecule has 0 aliphatic heterocycles. The Morgan fingerprint density at radius 1 is 1.10 bits per heavy atom. The molecule has 0 bridgehead atoms. The van der Waals surface area contributed by atoms with Gasteiger partial charge in [-0.3, -0.25) is 0 Å². The van der Waals surface area contributed by atoms with Crippen LogP contribution in [0.15, 0.2) is 41.9 Å². The summed E-state index contributed by atoms with van der Waals surface area (Å²) in [6.45, 7) is 1.43. The van der Waals surface area contributed by atoms with Crippen molar-refractivity contribution in [3.05, 3.63) is 62.5 Å². The van der Waals surface area contributed by atoms with Crippen molar-refractivity contribution in [3.63, 3.8) is 0 Å². The number of thiophene rings is 1. The number of hydrogen-bond acceptors (Lipinski definition) is 4. The molecule has 0 fully saturated rings. The smallest absolute Gasteiger partial charge is 0.107 e. The van der Waals surface area contributed by atoms with E-state index in [4.69, 9.17) is 23.2 Å². The second-order valence-electron chi connectivity index (χ2n) is 4.43. The number of benzene rings is 1. The van der Waals surface area contributed by atoms with Gasteiger partial charge >= 0.3 is 0 Å². The third-order valence-electron chi connectivity index (χ3n) is 2.92. The third kappa shape index (κ3) is 3.84. The SMILES string of the molecule is Clc1ccc(CNCc2ncc(-c3cccs3)s2)c(Cl)c1. The number of thiazole rings is 1. The Hall–Kier alpha value is -0.910. The van der Waals surface area contributed by atoms with Crippen LogP contribution in [0.3, 0.4) is 0 Å². The van der Waals surface area contributed by atoms with E-state index >= 15 is 0 Å². The average Bonchev–Trinajstić information content (AvgIpc) is 3.11. The van der Waals surface area contributed by atoms with E-state index in [0.717, 1.165) is 17.1 Å². The van der Waals surface area contributed by atoms with Crippen molar-refractivity contribution < 1.29 is 0 Å². The molecule has 6 heteroatoms. The van der Waals surface area contributed by atoms with Crippen molar-refractivity contribution in [2.75, 3.05) is 0 Å². The Balaban J connectivity index is 1.58. The van der Waals surface area contributed by atoms with Gasteiger partial charge in [0.1, 0.15) is 5.01 Å². The van der Waals surface area contributed by atoms with Crippen LogP contribution in [0.5, 0.6) is 0 Å². The first-order valence-corrected chi connectivity index (χ1v) is 8.81. The van der Waals surface area contributed by atoms with Crippen LogP contribution >= 0.6 is 45.9 Å². The monoisotopic (exact) mass is 354 g/mol. The Kier molecular flexibility index (Phi) is 4.93. The van der Waals surface area contributed by atoms with Gasteiger partial charge < -0.3 is 5.32 Å². The standard InChI is InChI=1S/C15H12Cl2N2S2/c16-11-4-3-10(12(17)6-11)7-18-9-15-19-8-14(21-15)13-2-1-5-20-13/h1-6,8,18H,7,9H2. The molecule has 2 heterocycles. The molecule has 108 valence electrons. The zero-order valence-corrected chi connectivity index (χ0v) is 14.1. The van der Waals surface area contributed by atoms with Crippen molar-refractivity contribution >= 4 is 45.9 Å². The topological polar surface area (TPSA) is 24.9 Å². The van der Waals surface area contributed by atoms with Crippen LogP contribution in [0.1, 0.15) is 10.6 Å². The van der Waals surface area contributed by atoms with Crippen molar-refractivity contribution in [2.24, 2.45) is 0 Å². The van der Waals surface area contributed by atoms with Crippen LogP contribution < -0.4 is 5.32 Å². The van der Waals surface area contributed by atoms with Gasteiger partial charge in [0.2, 0.25) is 0 Å². The van der Waals surface area contributed by atoms with E-state index in [1.165, 1.54) is 9.75 Å². The molecule has 0 amide bonds. The van der Waals surface area contributed by atoms with Crippen molar-refractivity contribution in [2.45, 2.75) is 13.1 Å². The highest BCUT2D eigenvalue weighted by Crippen LogP contribution is 2.29. The van der Waals surface area contributed by atoms with E-state index in [9.17, 15) is 0 Å². The predicted molar refractivity (Wildman–Crippen MR) is 92.4 cm³/mol. The molecule has 0 saturated heterocycles. The highest BCUT2D eigenvalue weighted by Gasteiger charge is 2.06. The third-order valence-corrected chi connectivity index (χ3v) is 5.57. The number of halogens is 2. The molecule has 1 N–H and O–H groups in total. The van der Waals surface area contributed by atoms with Crippen LogP contribution in [0.2, 0.25) is 10.0 Å². The molecule has 2 nitrogen and oxygen atoms in total. The molecular weight excluding hydrogens is 343 g/mol. The zero-order valence-electron chi connectivity index (χ0n) is 11.0. The normalized spacial score (nSPS) is 11.0. The van der Waals surface area contributed by atoms with Gasteiger partial charge in [0.15, 0.2) is 0 Å². The van der Waals surface area contributed by atoms with Crippen LogP contribution in [0, 0.1) is 0 Å². The summed E-state index contributed by atoms with van der Waals surface area (Å²) in [7, 11) is 0. The highest BCUT2D eigenvalue weighted by atomic mass is 35.5. The second-order valence-corrected chi connectivity index (χ2v) is 7.34. The van der Waals surface area contributed by atoms with E-state index in [1.807, 2.05) is 18.3 Å². The van der Waals surface area contributed by atoms with Gasteiger partial charge in [-0.25, -0.2) is 4.98 Å². The minimum absolute atomic E-state index is 0.657. The minimum Gasteiger partial charge on any atom is -0.306 e. The lowest BCUT2D eigenvalue weighted by Crippen LogP contribution is -2.12. The van der Waals surface area contributed by atoms with E-state index in [2.05, 4.69) is 27.8 Å². The lowest BCUT2D eigenvalue weighted by molar-refractivity contribution is 0.690. The fourth-order valence-electron chi connectivity index (χ4n) is 1.89. The lowest BCUT2D eigenvalue weighted by Gasteiger charge is -2.05. The summed E-state index contributed by atoms with van der Waals surface area (Å²) in [5, 5.41) is 7.86. The van der Waals surface area contributed by atoms with Crippen LogP contribution in [0.25, 0.3) is 9.75 Å². The maximum absolute atomic E-state index is 6.15. The van der Waals surface area contributed by atoms with Crippen LogP contribution in [-0.4, -0.2) is 4.98 Å². The number of nitrogens with one attached hydrogen (secondary N) is 1. The molecule has 0 aliphatic rings. The van der Waals surface area contributed by atoms with Gasteiger partial charge in [-0.2, -0.15) is 0 Å². The van der Waals surface area contributed by atoms with E-state index in [0.29, 0.717) is 16.6 Å². The van der Waals surface area contributed by atoms with Crippen LogP contribution in [0.4, 0.5) is 0 Å². The van der Waals surface area contributed by atoms with E-state index < -0.39 is 0 Å². The van der Waals surface area contributed by atoms with Crippen LogP contribution in [-0.2, 0) is 13.1 Å². The summed E-state index contributed by atoms with van der Waals surface area (Å²) in [4.78, 5) is 6.93. The molecule has 3 rings (SSSR count). The molecule has 0 spiro atoms. The molecule has 0 atom stereocenters. The predicted octanol–water partition coefficient (Wildman–Crippen LogP) is 5.47. The van der Waals surface area contributed by atoms with E-state index in [1.54, 1.807) is 28.7 Å². The molecule has 3 aromatic rings. The Morgan fingerprint density at radius 2 is 2.00 bits per heavy atom. The maximum Gasteiger partial charge on any atom is 0.107 e. The van der Waals surface area contributed by atoms with E-state index in [-0.39, 0.29) is 0 Å². The fourth-order valence-corrected chi connectivity index (χ4v) is 4.08. The zero-order chi connectivity index (χ0) is 14.7. The largest absolute Gasteiger partial charge is 0.306 e. The van der Waals surface area contributed by atoms with Gasteiger partial charge in [0.05, 0.1) is 4.88 Å². The summed E-state index contributed by atoms with van der Waals surface area (Å²) in [6, 6.07) is 9.72. The number of rotatable bonds is 5. The molecule has 0 unspecified atom stereocenters. The molecule has 1 aromatic carbocycles. The summed E-state index contributed by atoms with van der Waals surface area (Å²) < 4.78 is 0. The number of aromatic nitrogens is 1. The Morgan fingerprint density at radius 3 is 2.76 bits per heavy atom. The molecule has 0 radical (unpaired) electrons. The maximum atomic E-state index is 6.15. The first-order chi connectivity index (χ1) is 10.2. The summed E-state index contributed by atoms with van der Waals surface area (Å²) in [6.07, 6.45) is 1.93. The van der Waals surface area contributed by atoms with Gasteiger partial charge in [0.25, 0.3) is 0 Å². The van der Waals surface area contributed by atoms with Crippen molar-refractivity contribution in [1.82, 2.24) is 10.3 Å². The molecule has 21 heavy (non-hydrogen) atoms. The fraction of sp³-hybridized carbons (Fsp3) is 0.133. The summed E-state index contributed by atoms with van der Waals surface area (Å²) in [5.74, 6) is 0. The van der Waals surface area contributed by atoms with Gasteiger partial charge in [-0.05, 0) is 29.1 Å². The number of hydrogen-bond donors (Lipinski definition) is 1. The number of nitrogens with zero attached hydrogens (tertiary/aromatic N) is 1. The first-order valence-electron chi connectivity index (χ1n) is 6.35.